The molecule has 0 aliphatic heterocycles. The molecular formula is C14H23NO. The highest BCUT2D eigenvalue weighted by molar-refractivity contribution is 5.27. The molecule has 0 aromatic heterocycles. The first-order chi connectivity index (χ1) is 7.47. The molecular weight excluding hydrogens is 198 g/mol. The quantitative estimate of drug-likeness (QED) is 0.773. The van der Waals surface area contributed by atoms with E-state index in [-0.39, 0.29) is 5.54 Å². The van der Waals surface area contributed by atoms with E-state index in [4.69, 9.17) is 4.74 Å². The zero-order valence-corrected chi connectivity index (χ0v) is 11.1. The van der Waals surface area contributed by atoms with E-state index in [2.05, 4.69) is 44.7 Å². The Kier molecular flexibility index (Phi) is 4.36. The van der Waals surface area contributed by atoms with Gasteiger partial charge in [0.15, 0.2) is 0 Å². The highest BCUT2D eigenvalue weighted by Gasteiger charge is 2.19. The Hall–Kier alpha value is -1.02. The van der Waals surface area contributed by atoms with Crippen LogP contribution in [0, 0.1) is 0 Å². The molecule has 0 aliphatic carbocycles. The van der Waals surface area contributed by atoms with Crippen LogP contribution in [-0.4, -0.2) is 24.1 Å². The van der Waals surface area contributed by atoms with Gasteiger partial charge < -0.3 is 4.74 Å². The number of rotatable bonds is 4. The Balaban J connectivity index is 2.71. The molecule has 0 N–H and O–H groups in total. The summed E-state index contributed by atoms with van der Waals surface area (Å²) in [5.74, 6) is 0.919. The summed E-state index contributed by atoms with van der Waals surface area (Å²) in [6.45, 7) is 11.0. The SMILES string of the molecule is CCN(Cc1ccc(OC)cc1)C(C)(C)C. The molecule has 0 saturated heterocycles. The molecule has 16 heavy (non-hydrogen) atoms. The van der Waals surface area contributed by atoms with Gasteiger partial charge in [-0.05, 0) is 45.0 Å². The minimum Gasteiger partial charge on any atom is -0.497 e. The van der Waals surface area contributed by atoms with Gasteiger partial charge in [-0.3, -0.25) is 4.90 Å². The first-order valence-electron chi connectivity index (χ1n) is 5.85. The van der Waals surface area contributed by atoms with Crippen molar-refractivity contribution in [3.63, 3.8) is 0 Å². The number of hydrogen-bond acceptors (Lipinski definition) is 2. The fourth-order valence-electron chi connectivity index (χ4n) is 1.77. The smallest absolute Gasteiger partial charge is 0.118 e. The Labute approximate surface area is 99.2 Å². The van der Waals surface area contributed by atoms with Gasteiger partial charge in [0.25, 0.3) is 0 Å². The Morgan fingerprint density at radius 2 is 1.69 bits per heavy atom. The van der Waals surface area contributed by atoms with E-state index in [1.54, 1.807) is 7.11 Å². The summed E-state index contributed by atoms with van der Waals surface area (Å²) in [4.78, 5) is 2.45. The average Bonchev–Trinajstić information content (AvgIpc) is 2.25. The third-order valence-electron chi connectivity index (χ3n) is 2.86. The standard InChI is InChI=1S/C14H23NO/c1-6-15(14(2,3)4)11-12-7-9-13(16-5)10-8-12/h7-10H,6,11H2,1-5H3. The van der Waals surface area contributed by atoms with Gasteiger partial charge in [0.05, 0.1) is 7.11 Å². The molecule has 1 aromatic rings. The van der Waals surface area contributed by atoms with Gasteiger partial charge in [0.1, 0.15) is 5.75 Å². The number of hydrogen-bond donors (Lipinski definition) is 0. The van der Waals surface area contributed by atoms with Gasteiger partial charge >= 0.3 is 0 Å². The van der Waals surface area contributed by atoms with Crippen molar-refractivity contribution >= 4 is 0 Å². The lowest BCUT2D eigenvalue weighted by molar-refractivity contribution is 0.136. The third kappa shape index (κ3) is 3.53. The molecule has 0 spiro atoms. The van der Waals surface area contributed by atoms with E-state index in [1.807, 2.05) is 12.1 Å². The van der Waals surface area contributed by atoms with Crippen molar-refractivity contribution in [2.45, 2.75) is 39.8 Å². The van der Waals surface area contributed by atoms with Gasteiger partial charge in [0, 0.05) is 12.1 Å². The van der Waals surface area contributed by atoms with E-state index in [0.717, 1.165) is 18.8 Å². The lowest BCUT2D eigenvalue weighted by atomic mass is 10.0. The molecule has 1 rings (SSSR count). The fraction of sp³-hybridized carbons (Fsp3) is 0.571. The van der Waals surface area contributed by atoms with E-state index in [0.29, 0.717) is 0 Å². The molecule has 0 radical (unpaired) electrons. The van der Waals surface area contributed by atoms with Crippen LogP contribution in [0.5, 0.6) is 5.75 Å². The molecule has 2 heteroatoms. The molecule has 0 bridgehead atoms. The topological polar surface area (TPSA) is 12.5 Å². The Bertz CT molecular complexity index is 311. The van der Waals surface area contributed by atoms with Crippen LogP contribution in [0.1, 0.15) is 33.3 Å². The molecule has 90 valence electrons. The van der Waals surface area contributed by atoms with E-state index in [1.165, 1.54) is 5.56 Å². The van der Waals surface area contributed by atoms with Crippen LogP contribution in [-0.2, 0) is 6.54 Å². The Morgan fingerprint density at radius 3 is 2.06 bits per heavy atom. The zero-order chi connectivity index (χ0) is 12.2. The largest absolute Gasteiger partial charge is 0.497 e. The van der Waals surface area contributed by atoms with E-state index >= 15 is 0 Å². The van der Waals surface area contributed by atoms with Crippen LogP contribution < -0.4 is 4.74 Å². The monoisotopic (exact) mass is 221 g/mol. The number of ether oxygens (including phenoxy) is 1. The summed E-state index contributed by atoms with van der Waals surface area (Å²) < 4.78 is 5.15. The molecule has 0 atom stereocenters. The molecule has 0 fully saturated rings. The van der Waals surface area contributed by atoms with Crippen LogP contribution in [0.4, 0.5) is 0 Å². The summed E-state index contributed by atoms with van der Waals surface area (Å²) in [5, 5.41) is 0. The van der Waals surface area contributed by atoms with Crippen LogP contribution in [0.15, 0.2) is 24.3 Å². The van der Waals surface area contributed by atoms with Gasteiger partial charge in [-0.2, -0.15) is 0 Å². The second kappa shape index (κ2) is 5.35. The minimum absolute atomic E-state index is 0.217. The summed E-state index contributed by atoms with van der Waals surface area (Å²) >= 11 is 0. The lowest BCUT2D eigenvalue weighted by Gasteiger charge is -2.34. The van der Waals surface area contributed by atoms with Crippen molar-refractivity contribution in [1.29, 1.82) is 0 Å². The number of nitrogens with zero attached hydrogens (tertiary/aromatic N) is 1. The fourth-order valence-corrected chi connectivity index (χ4v) is 1.77. The van der Waals surface area contributed by atoms with Crippen molar-refractivity contribution in [2.24, 2.45) is 0 Å². The van der Waals surface area contributed by atoms with Gasteiger partial charge in [0.2, 0.25) is 0 Å². The van der Waals surface area contributed by atoms with E-state index in [9.17, 15) is 0 Å². The highest BCUT2D eigenvalue weighted by atomic mass is 16.5. The molecule has 1 aromatic carbocycles. The minimum atomic E-state index is 0.217. The molecule has 0 saturated carbocycles. The van der Waals surface area contributed by atoms with Crippen LogP contribution in [0.25, 0.3) is 0 Å². The number of methoxy groups -OCH3 is 1. The summed E-state index contributed by atoms with van der Waals surface area (Å²) in [7, 11) is 1.70. The summed E-state index contributed by atoms with van der Waals surface area (Å²) in [5.41, 5.74) is 1.55. The maximum Gasteiger partial charge on any atom is 0.118 e. The van der Waals surface area contributed by atoms with Gasteiger partial charge in [-0.15, -0.1) is 0 Å². The van der Waals surface area contributed by atoms with Crippen molar-refractivity contribution in [1.82, 2.24) is 4.90 Å². The third-order valence-corrected chi connectivity index (χ3v) is 2.86. The highest BCUT2D eigenvalue weighted by Crippen LogP contribution is 2.18. The summed E-state index contributed by atoms with van der Waals surface area (Å²) in [6.07, 6.45) is 0. The van der Waals surface area contributed by atoms with Crippen LogP contribution in [0.2, 0.25) is 0 Å². The first-order valence-corrected chi connectivity index (χ1v) is 5.85. The predicted molar refractivity (Wildman–Crippen MR) is 68.8 cm³/mol. The zero-order valence-electron chi connectivity index (χ0n) is 11.1. The maximum atomic E-state index is 5.15. The van der Waals surface area contributed by atoms with E-state index < -0.39 is 0 Å². The van der Waals surface area contributed by atoms with Crippen molar-refractivity contribution < 1.29 is 4.74 Å². The lowest BCUT2D eigenvalue weighted by Crippen LogP contribution is -2.40. The normalized spacial score (nSPS) is 11.9. The average molecular weight is 221 g/mol. The van der Waals surface area contributed by atoms with Gasteiger partial charge in [-0.1, -0.05) is 19.1 Å². The molecule has 0 amide bonds. The van der Waals surface area contributed by atoms with Crippen molar-refractivity contribution in [3.8, 4) is 5.75 Å². The first kappa shape index (κ1) is 13.0. The van der Waals surface area contributed by atoms with Gasteiger partial charge in [-0.25, -0.2) is 0 Å². The molecule has 0 aliphatic rings. The van der Waals surface area contributed by atoms with Crippen molar-refractivity contribution in [2.75, 3.05) is 13.7 Å². The Morgan fingerprint density at radius 1 is 1.12 bits per heavy atom. The summed E-state index contributed by atoms with van der Waals surface area (Å²) in [6, 6.07) is 8.30. The molecule has 0 unspecified atom stereocenters. The van der Waals surface area contributed by atoms with Crippen LogP contribution >= 0.6 is 0 Å². The molecule has 2 nitrogen and oxygen atoms in total. The number of benzene rings is 1. The van der Waals surface area contributed by atoms with Crippen molar-refractivity contribution in [3.05, 3.63) is 29.8 Å². The predicted octanol–water partition coefficient (Wildman–Crippen LogP) is 3.32. The second-order valence-electron chi connectivity index (χ2n) is 5.03. The van der Waals surface area contributed by atoms with Crippen LogP contribution in [0.3, 0.4) is 0 Å². The maximum absolute atomic E-state index is 5.15. The molecule has 0 heterocycles. The second-order valence-corrected chi connectivity index (χ2v) is 5.03.